The Kier molecular flexibility index (Phi) is 4.59. The third-order valence-corrected chi connectivity index (χ3v) is 5.30. The van der Waals surface area contributed by atoms with Gasteiger partial charge in [-0.1, -0.05) is 44.5 Å². The molecular weight excluding hydrogens is 242 g/mol. The molecule has 1 atom stereocenters. The van der Waals surface area contributed by atoms with Crippen molar-refractivity contribution in [3.63, 3.8) is 0 Å². The molecule has 0 aromatic heterocycles. The minimum atomic E-state index is 0.218. The highest BCUT2D eigenvalue weighted by Gasteiger charge is 2.32. The normalized spacial score (nSPS) is 25.5. The van der Waals surface area contributed by atoms with Gasteiger partial charge >= 0.3 is 0 Å². The van der Waals surface area contributed by atoms with Gasteiger partial charge in [0.25, 0.3) is 0 Å². The third-order valence-electron chi connectivity index (χ3n) is 5.30. The molecule has 0 radical (unpaired) electrons. The van der Waals surface area contributed by atoms with Crippen LogP contribution in [-0.2, 0) is 0 Å². The van der Waals surface area contributed by atoms with Crippen molar-refractivity contribution in [2.24, 2.45) is 23.0 Å². The summed E-state index contributed by atoms with van der Waals surface area (Å²) in [7, 11) is 0. The van der Waals surface area contributed by atoms with Crippen molar-refractivity contribution in [3.8, 4) is 0 Å². The van der Waals surface area contributed by atoms with E-state index in [0.717, 1.165) is 5.92 Å². The van der Waals surface area contributed by atoms with Gasteiger partial charge in [0.1, 0.15) is 0 Å². The zero-order chi connectivity index (χ0) is 14.9. The summed E-state index contributed by atoms with van der Waals surface area (Å²) in [5.74, 6) is 1.53. The van der Waals surface area contributed by atoms with E-state index in [-0.39, 0.29) is 6.04 Å². The summed E-state index contributed by atoms with van der Waals surface area (Å²) in [5.41, 5.74) is 11.1. The Morgan fingerprint density at radius 2 is 1.65 bits per heavy atom. The highest BCUT2D eigenvalue weighted by molar-refractivity contribution is 5.33. The van der Waals surface area contributed by atoms with Crippen LogP contribution in [0.1, 0.15) is 69.2 Å². The summed E-state index contributed by atoms with van der Waals surface area (Å²) in [6.07, 6.45) is 5.26. The van der Waals surface area contributed by atoms with Gasteiger partial charge in [0, 0.05) is 6.04 Å². The molecule has 1 aliphatic carbocycles. The number of benzene rings is 1. The lowest BCUT2D eigenvalue weighted by atomic mass is 9.68. The maximum absolute atomic E-state index is 6.59. The molecule has 1 fully saturated rings. The molecule has 1 aromatic rings. The molecule has 1 aliphatic rings. The number of nitrogens with two attached hydrogens (primary N) is 1. The van der Waals surface area contributed by atoms with Gasteiger partial charge in [-0.3, -0.25) is 0 Å². The van der Waals surface area contributed by atoms with Gasteiger partial charge in [0.05, 0.1) is 0 Å². The molecule has 1 aromatic carbocycles. The van der Waals surface area contributed by atoms with Gasteiger partial charge < -0.3 is 5.73 Å². The maximum atomic E-state index is 6.59. The Bertz CT molecular complexity index is 447. The van der Waals surface area contributed by atoms with Gasteiger partial charge in [-0.05, 0) is 67.9 Å². The van der Waals surface area contributed by atoms with Crippen molar-refractivity contribution in [3.05, 3.63) is 34.9 Å². The van der Waals surface area contributed by atoms with Crippen LogP contribution in [0.4, 0.5) is 0 Å². The van der Waals surface area contributed by atoms with E-state index in [1.54, 1.807) is 0 Å². The standard InChI is InChI=1S/C19H31N/c1-13-6-7-14(2)17(12-13)18(20)15-8-10-16(11-9-15)19(3,4)5/h6-7,12,15-16,18H,8-11,20H2,1-5H3. The van der Waals surface area contributed by atoms with Crippen molar-refractivity contribution in [2.45, 2.75) is 66.3 Å². The van der Waals surface area contributed by atoms with Gasteiger partial charge in [0.15, 0.2) is 0 Å². The van der Waals surface area contributed by atoms with Crippen LogP contribution in [0.5, 0.6) is 0 Å². The fourth-order valence-corrected chi connectivity index (χ4v) is 3.72. The van der Waals surface area contributed by atoms with Gasteiger partial charge in [-0.15, -0.1) is 0 Å². The highest BCUT2D eigenvalue weighted by Crippen LogP contribution is 2.43. The van der Waals surface area contributed by atoms with Crippen molar-refractivity contribution in [2.75, 3.05) is 0 Å². The molecule has 1 heteroatoms. The lowest BCUT2D eigenvalue weighted by Gasteiger charge is -2.39. The molecule has 112 valence electrons. The van der Waals surface area contributed by atoms with E-state index in [1.807, 2.05) is 0 Å². The van der Waals surface area contributed by atoms with Crippen molar-refractivity contribution in [1.29, 1.82) is 0 Å². The van der Waals surface area contributed by atoms with Crippen LogP contribution in [-0.4, -0.2) is 0 Å². The fourth-order valence-electron chi connectivity index (χ4n) is 3.72. The smallest absolute Gasteiger partial charge is 0.0326 e. The first-order valence-corrected chi connectivity index (χ1v) is 8.12. The summed E-state index contributed by atoms with van der Waals surface area (Å²) in [6, 6.07) is 6.90. The van der Waals surface area contributed by atoms with E-state index in [1.165, 1.54) is 42.4 Å². The predicted octanol–water partition coefficient (Wildman–Crippen LogP) is 5.16. The zero-order valence-electron chi connectivity index (χ0n) is 13.9. The van der Waals surface area contributed by atoms with E-state index in [4.69, 9.17) is 5.73 Å². The summed E-state index contributed by atoms with van der Waals surface area (Å²) in [5, 5.41) is 0. The van der Waals surface area contributed by atoms with Crippen molar-refractivity contribution < 1.29 is 0 Å². The van der Waals surface area contributed by atoms with Gasteiger partial charge in [0.2, 0.25) is 0 Å². The molecule has 0 amide bonds. The molecule has 2 N–H and O–H groups in total. The largest absolute Gasteiger partial charge is 0.324 e. The minimum absolute atomic E-state index is 0.218. The fraction of sp³-hybridized carbons (Fsp3) is 0.684. The molecular formula is C19H31N. The molecule has 1 unspecified atom stereocenters. The van der Waals surface area contributed by atoms with Crippen molar-refractivity contribution in [1.82, 2.24) is 0 Å². The molecule has 0 bridgehead atoms. The van der Waals surface area contributed by atoms with E-state index in [2.05, 4.69) is 52.8 Å². The zero-order valence-corrected chi connectivity index (χ0v) is 13.9. The molecule has 0 spiro atoms. The summed E-state index contributed by atoms with van der Waals surface area (Å²) in [6.45, 7) is 11.5. The number of rotatable bonds is 2. The Morgan fingerprint density at radius 1 is 1.05 bits per heavy atom. The van der Waals surface area contributed by atoms with E-state index in [0.29, 0.717) is 11.3 Å². The molecule has 1 saturated carbocycles. The lowest BCUT2D eigenvalue weighted by molar-refractivity contribution is 0.139. The van der Waals surface area contributed by atoms with Crippen LogP contribution >= 0.6 is 0 Å². The second-order valence-corrected chi connectivity index (χ2v) is 7.86. The third kappa shape index (κ3) is 3.44. The molecule has 0 saturated heterocycles. The average molecular weight is 273 g/mol. The van der Waals surface area contributed by atoms with Gasteiger partial charge in [-0.25, -0.2) is 0 Å². The number of hydrogen-bond donors (Lipinski definition) is 1. The summed E-state index contributed by atoms with van der Waals surface area (Å²) < 4.78 is 0. The molecule has 0 heterocycles. The van der Waals surface area contributed by atoms with Crippen LogP contribution in [0.3, 0.4) is 0 Å². The SMILES string of the molecule is Cc1ccc(C)c(C(N)C2CCC(C(C)(C)C)CC2)c1. The first kappa shape index (κ1) is 15.6. The second kappa shape index (κ2) is 5.89. The van der Waals surface area contributed by atoms with E-state index in [9.17, 15) is 0 Å². The number of aryl methyl sites for hydroxylation is 2. The van der Waals surface area contributed by atoms with Crippen LogP contribution in [0.2, 0.25) is 0 Å². The van der Waals surface area contributed by atoms with E-state index >= 15 is 0 Å². The predicted molar refractivity (Wildman–Crippen MR) is 87.7 cm³/mol. The summed E-state index contributed by atoms with van der Waals surface area (Å²) >= 11 is 0. The number of hydrogen-bond acceptors (Lipinski definition) is 1. The first-order valence-electron chi connectivity index (χ1n) is 8.12. The Labute approximate surface area is 125 Å². The Hall–Kier alpha value is -0.820. The lowest BCUT2D eigenvalue weighted by Crippen LogP contribution is -2.31. The minimum Gasteiger partial charge on any atom is -0.324 e. The topological polar surface area (TPSA) is 26.0 Å². The molecule has 20 heavy (non-hydrogen) atoms. The van der Waals surface area contributed by atoms with Crippen molar-refractivity contribution >= 4 is 0 Å². The Morgan fingerprint density at radius 3 is 2.20 bits per heavy atom. The molecule has 2 rings (SSSR count). The summed E-state index contributed by atoms with van der Waals surface area (Å²) in [4.78, 5) is 0. The quantitative estimate of drug-likeness (QED) is 0.791. The van der Waals surface area contributed by atoms with Crippen LogP contribution in [0.15, 0.2) is 18.2 Å². The monoisotopic (exact) mass is 273 g/mol. The van der Waals surface area contributed by atoms with Crippen LogP contribution in [0, 0.1) is 31.1 Å². The maximum Gasteiger partial charge on any atom is 0.0326 e. The van der Waals surface area contributed by atoms with Crippen LogP contribution < -0.4 is 5.73 Å². The van der Waals surface area contributed by atoms with Crippen LogP contribution in [0.25, 0.3) is 0 Å². The molecule has 0 aliphatic heterocycles. The first-order chi connectivity index (χ1) is 9.29. The van der Waals surface area contributed by atoms with E-state index < -0.39 is 0 Å². The highest BCUT2D eigenvalue weighted by atomic mass is 14.7. The van der Waals surface area contributed by atoms with Gasteiger partial charge in [-0.2, -0.15) is 0 Å². The average Bonchev–Trinajstić information content (AvgIpc) is 2.40. The Balaban J connectivity index is 2.05. The molecule has 1 nitrogen and oxygen atoms in total. The second-order valence-electron chi connectivity index (χ2n) is 7.86.